The first kappa shape index (κ1) is 10.2. The van der Waals surface area contributed by atoms with Crippen LogP contribution in [-0.4, -0.2) is 13.2 Å². The van der Waals surface area contributed by atoms with E-state index in [-0.39, 0.29) is 0 Å². The van der Waals surface area contributed by atoms with Crippen molar-refractivity contribution in [3.05, 3.63) is 36.5 Å². The van der Waals surface area contributed by atoms with Gasteiger partial charge in [0, 0.05) is 17.3 Å². The summed E-state index contributed by atoms with van der Waals surface area (Å²) in [5.41, 5.74) is 2.26. The number of aromatic nitrogens is 1. The molecule has 0 aliphatic heterocycles. The fourth-order valence-corrected chi connectivity index (χ4v) is 2.61. The Bertz CT molecular complexity index is 474. The number of benzene rings is 1. The first-order valence-corrected chi connectivity index (χ1v) is 8.68. The zero-order valence-corrected chi connectivity index (χ0v) is 10.4. The largest absolute Gasteiger partial charge is 0.411 e. The summed E-state index contributed by atoms with van der Waals surface area (Å²) in [6, 6.07) is 10.4. The Balaban J connectivity index is 2.39. The molecule has 0 atom stereocenters. The van der Waals surface area contributed by atoms with Gasteiger partial charge in [0.2, 0.25) is 0 Å². The van der Waals surface area contributed by atoms with E-state index in [9.17, 15) is 0 Å². The van der Waals surface area contributed by atoms with Crippen molar-refractivity contribution in [1.29, 1.82) is 0 Å². The lowest BCUT2D eigenvalue weighted by molar-refractivity contribution is 1.41. The fourth-order valence-electron chi connectivity index (χ4n) is 1.59. The second kappa shape index (κ2) is 3.66. The minimum Gasteiger partial charge on any atom is -0.411 e. The molecule has 0 aliphatic rings. The van der Waals surface area contributed by atoms with Crippen LogP contribution in [0, 0.1) is 0 Å². The van der Waals surface area contributed by atoms with Crippen molar-refractivity contribution >= 4 is 24.8 Å². The quantitative estimate of drug-likeness (QED) is 0.777. The third-order valence-electron chi connectivity index (χ3n) is 2.12. The highest BCUT2D eigenvalue weighted by molar-refractivity contribution is 6.79. The summed E-state index contributed by atoms with van der Waals surface area (Å²) in [5, 5.41) is 1.20. The van der Waals surface area contributed by atoms with Gasteiger partial charge in [-0.1, -0.05) is 25.7 Å². The molecular weight excluding hydrogens is 200 g/mol. The second-order valence-electron chi connectivity index (χ2n) is 4.79. The molecular formula is C12H16N2Si. The van der Waals surface area contributed by atoms with Gasteiger partial charge in [0.15, 0.2) is 0 Å². The highest BCUT2D eigenvalue weighted by atomic mass is 28.3. The van der Waals surface area contributed by atoms with E-state index in [1.807, 2.05) is 12.3 Å². The average molecular weight is 216 g/mol. The maximum absolute atomic E-state index is 4.30. The molecule has 1 aromatic carbocycles. The van der Waals surface area contributed by atoms with Gasteiger partial charge in [-0.2, -0.15) is 0 Å². The Morgan fingerprint density at radius 3 is 2.67 bits per heavy atom. The monoisotopic (exact) mass is 216 g/mol. The van der Waals surface area contributed by atoms with Crippen molar-refractivity contribution in [3.8, 4) is 0 Å². The Labute approximate surface area is 91.4 Å². The van der Waals surface area contributed by atoms with Crippen molar-refractivity contribution in [1.82, 2.24) is 4.98 Å². The van der Waals surface area contributed by atoms with Gasteiger partial charge in [0.1, 0.15) is 8.24 Å². The van der Waals surface area contributed by atoms with Crippen molar-refractivity contribution in [2.45, 2.75) is 19.6 Å². The molecule has 0 bridgehead atoms. The van der Waals surface area contributed by atoms with Gasteiger partial charge in [-0.15, -0.1) is 0 Å². The van der Waals surface area contributed by atoms with Gasteiger partial charge in [-0.05, 0) is 24.3 Å². The maximum atomic E-state index is 4.30. The third kappa shape index (κ3) is 2.56. The minimum absolute atomic E-state index is 1.05. The number of rotatable bonds is 2. The SMILES string of the molecule is C[Si](C)(C)Nc1ccc2ncccc2c1. The topological polar surface area (TPSA) is 24.9 Å². The first-order valence-electron chi connectivity index (χ1n) is 5.18. The number of hydrogen-bond acceptors (Lipinski definition) is 2. The molecule has 0 saturated heterocycles. The van der Waals surface area contributed by atoms with E-state index < -0.39 is 8.24 Å². The molecule has 1 N–H and O–H groups in total. The number of nitrogens with one attached hydrogen (secondary N) is 1. The summed E-state index contributed by atoms with van der Waals surface area (Å²) < 4.78 is 0. The number of pyridine rings is 1. The maximum Gasteiger partial charge on any atom is 0.144 e. The summed E-state index contributed by atoms with van der Waals surface area (Å²) >= 11 is 0. The van der Waals surface area contributed by atoms with Crippen LogP contribution in [0.5, 0.6) is 0 Å². The molecule has 0 spiro atoms. The molecule has 1 aromatic heterocycles. The van der Waals surface area contributed by atoms with Crippen LogP contribution in [0.4, 0.5) is 5.69 Å². The van der Waals surface area contributed by atoms with Crippen LogP contribution in [-0.2, 0) is 0 Å². The molecule has 0 radical (unpaired) electrons. The number of anilines is 1. The number of nitrogens with zero attached hydrogens (tertiary/aromatic N) is 1. The molecule has 0 unspecified atom stereocenters. The van der Waals surface area contributed by atoms with E-state index >= 15 is 0 Å². The van der Waals surface area contributed by atoms with E-state index in [1.165, 1.54) is 11.1 Å². The molecule has 0 amide bonds. The van der Waals surface area contributed by atoms with Gasteiger partial charge in [-0.25, -0.2) is 0 Å². The van der Waals surface area contributed by atoms with Gasteiger partial charge in [0.25, 0.3) is 0 Å². The van der Waals surface area contributed by atoms with Crippen molar-refractivity contribution in [2.24, 2.45) is 0 Å². The van der Waals surface area contributed by atoms with Crippen LogP contribution in [0.2, 0.25) is 19.6 Å². The Morgan fingerprint density at radius 1 is 1.13 bits per heavy atom. The summed E-state index contributed by atoms with van der Waals surface area (Å²) in [7, 11) is -1.26. The fraction of sp³-hybridized carbons (Fsp3) is 0.250. The molecule has 0 saturated carbocycles. The van der Waals surface area contributed by atoms with E-state index in [0.717, 1.165) is 5.52 Å². The molecule has 2 rings (SSSR count). The predicted octanol–water partition coefficient (Wildman–Crippen LogP) is 3.48. The van der Waals surface area contributed by atoms with Crippen LogP contribution in [0.1, 0.15) is 0 Å². The van der Waals surface area contributed by atoms with Gasteiger partial charge in [-0.3, -0.25) is 4.98 Å². The van der Waals surface area contributed by atoms with Gasteiger partial charge < -0.3 is 4.98 Å². The van der Waals surface area contributed by atoms with Gasteiger partial charge in [0.05, 0.1) is 5.52 Å². The highest BCUT2D eigenvalue weighted by Crippen LogP contribution is 2.18. The lowest BCUT2D eigenvalue weighted by Crippen LogP contribution is -2.32. The Hall–Kier alpha value is -1.35. The molecule has 78 valence electrons. The van der Waals surface area contributed by atoms with Crippen LogP contribution < -0.4 is 4.98 Å². The Morgan fingerprint density at radius 2 is 1.93 bits per heavy atom. The Kier molecular flexibility index (Phi) is 2.48. The van der Waals surface area contributed by atoms with Crippen LogP contribution >= 0.6 is 0 Å². The first-order chi connectivity index (χ1) is 7.04. The van der Waals surface area contributed by atoms with Crippen LogP contribution in [0.25, 0.3) is 10.9 Å². The van der Waals surface area contributed by atoms with Crippen molar-refractivity contribution in [3.63, 3.8) is 0 Å². The van der Waals surface area contributed by atoms with E-state index in [0.29, 0.717) is 0 Å². The lowest BCUT2D eigenvalue weighted by atomic mass is 10.2. The second-order valence-corrected chi connectivity index (χ2v) is 9.54. The molecule has 0 fully saturated rings. The standard InChI is InChI=1S/C12H16N2Si/c1-15(2,3)14-11-6-7-12-10(9-11)5-4-8-13-12/h4-9,14H,1-3H3. The molecule has 1 heterocycles. The average Bonchev–Trinajstić information content (AvgIpc) is 2.15. The van der Waals surface area contributed by atoms with Gasteiger partial charge >= 0.3 is 0 Å². The lowest BCUT2D eigenvalue weighted by Gasteiger charge is -2.19. The van der Waals surface area contributed by atoms with Crippen molar-refractivity contribution < 1.29 is 0 Å². The molecule has 3 heteroatoms. The van der Waals surface area contributed by atoms with E-state index in [4.69, 9.17) is 0 Å². The normalized spacial score (nSPS) is 11.7. The molecule has 2 aromatic rings. The molecule has 15 heavy (non-hydrogen) atoms. The van der Waals surface area contributed by atoms with E-state index in [1.54, 1.807) is 0 Å². The van der Waals surface area contributed by atoms with E-state index in [2.05, 4.69) is 53.9 Å². The minimum atomic E-state index is -1.26. The highest BCUT2D eigenvalue weighted by Gasteiger charge is 2.12. The zero-order chi connectivity index (χ0) is 10.9. The van der Waals surface area contributed by atoms with Crippen LogP contribution in [0.15, 0.2) is 36.5 Å². The van der Waals surface area contributed by atoms with Crippen molar-refractivity contribution in [2.75, 3.05) is 4.98 Å². The summed E-state index contributed by atoms with van der Waals surface area (Å²) in [5.74, 6) is 0. The third-order valence-corrected chi connectivity index (χ3v) is 3.16. The number of fused-ring (bicyclic) bond motifs is 1. The molecule has 0 aliphatic carbocycles. The summed E-state index contributed by atoms with van der Waals surface area (Å²) in [6.07, 6.45) is 1.83. The zero-order valence-electron chi connectivity index (χ0n) is 9.41. The molecule has 2 nitrogen and oxygen atoms in total. The van der Waals surface area contributed by atoms with Crippen LogP contribution in [0.3, 0.4) is 0 Å². The predicted molar refractivity (Wildman–Crippen MR) is 68.7 cm³/mol. The number of hydrogen-bond donors (Lipinski definition) is 1. The summed E-state index contributed by atoms with van der Waals surface area (Å²) in [4.78, 5) is 7.89. The smallest absolute Gasteiger partial charge is 0.144 e. The summed E-state index contributed by atoms with van der Waals surface area (Å²) in [6.45, 7) is 6.88.